The molecule has 0 spiro atoms. The van der Waals surface area contributed by atoms with Gasteiger partial charge >= 0.3 is 17.9 Å². The molecule has 0 heterocycles. The summed E-state index contributed by atoms with van der Waals surface area (Å²) in [7, 11) is 0. The lowest BCUT2D eigenvalue weighted by molar-refractivity contribution is -0.187. The molecule has 3 N–H and O–H groups in total. The minimum atomic E-state index is -1.39. The fourth-order valence-electron chi connectivity index (χ4n) is 3.52. The van der Waals surface area contributed by atoms with Crippen molar-refractivity contribution in [1.29, 1.82) is 0 Å². The zero-order valence-electron chi connectivity index (χ0n) is 9.13. The number of aliphatic carboxylic acids is 3. The standard InChI is InChI=1S/C11H14O6/c12-8(13)6-5-1-3-11(4-2-5,10(16)17)7(6)9(14)15/h5-7H,1-4H2,(H,12,13)(H,14,15)(H,16,17)/t5?,6-,7+,11?/m0/s1. The topological polar surface area (TPSA) is 112 Å². The lowest BCUT2D eigenvalue weighted by Crippen LogP contribution is -2.57. The van der Waals surface area contributed by atoms with Crippen molar-refractivity contribution in [3.63, 3.8) is 0 Å². The summed E-state index contributed by atoms with van der Waals surface area (Å²) < 4.78 is 0. The Bertz CT molecular complexity index is 379. The number of hydrogen-bond acceptors (Lipinski definition) is 3. The molecule has 0 aliphatic heterocycles. The van der Waals surface area contributed by atoms with Gasteiger partial charge in [0.15, 0.2) is 0 Å². The zero-order chi connectivity index (χ0) is 12.8. The highest BCUT2D eigenvalue weighted by Gasteiger charge is 2.62. The van der Waals surface area contributed by atoms with Crippen molar-refractivity contribution < 1.29 is 29.7 Å². The second-order valence-corrected chi connectivity index (χ2v) is 4.98. The Kier molecular flexibility index (Phi) is 2.60. The Morgan fingerprint density at radius 3 is 1.82 bits per heavy atom. The molecule has 3 saturated carbocycles. The predicted octanol–water partition coefficient (Wildman–Crippen LogP) is 0.663. The van der Waals surface area contributed by atoms with Crippen molar-refractivity contribution in [3.8, 4) is 0 Å². The third-order valence-corrected chi connectivity index (χ3v) is 4.36. The molecule has 2 bridgehead atoms. The molecule has 3 fully saturated rings. The number of carboxylic acids is 3. The highest BCUT2D eigenvalue weighted by molar-refractivity contribution is 5.89. The summed E-state index contributed by atoms with van der Waals surface area (Å²) in [6, 6.07) is 0. The van der Waals surface area contributed by atoms with Gasteiger partial charge in [-0.05, 0) is 31.6 Å². The third kappa shape index (κ3) is 1.50. The van der Waals surface area contributed by atoms with Crippen LogP contribution in [0.2, 0.25) is 0 Å². The van der Waals surface area contributed by atoms with Crippen LogP contribution in [-0.2, 0) is 14.4 Å². The van der Waals surface area contributed by atoms with Gasteiger partial charge in [-0.2, -0.15) is 0 Å². The fourth-order valence-corrected chi connectivity index (χ4v) is 3.52. The number of carboxylic acid groups (broad SMARTS) is 3. The van der Waals surface area contributed by atoms with E-state index in [4.69, 9.17) is 10.2 Å². The summed E-state index contributed by atoms with van der Waals surface area (Å²) in [5.41, 5.74) is -1.39. The summed E-state index contributed by atoms with van der Waals surface area (Å²) >= 11 is 0. The molecule has 6 nitrogen and oxygen atoms in total. The molecule has 0 amide bonds. The summed E-state index contributed by atoms with van der Waals surface area (Å²) in [6.45, 7) is 0. The second kappa shape index (κ2) is 3.72. The predicted molar refractivity (Wildman–Crippen MR) is 54.3 cm³/mol. The molecule has 17 heavy (non-hydrogen) atoms. The van der Waals surface area contributed by atoms with E-state index in [1.807, 2.05) is 0 Å². The van der Waals surface area contributed by atoms with Crippen LogP contribution >= 0.6 is 0 Å². The molecule has 3 rings (SSSR count). The first-order chi connectivity index (χ1) is 7.90. The van der Waals surface area contributed by atoms with E-state index in [-0.39, 0.29) is 18.8 Å². The first-order valence-corrected chi connectivity index (χ1v) is 5.59. The van der Waals surface area contributed by atoms with Crippen LogP contribution in [0, 0.1) is 23.2 Å². The van der Waals surface area contributed by atoms with Crippen molar-refractivity contribution in [3.05, 3.63) is 0 Å². The van der Waals surface area contributed by atoms with E-state index in [0.717, 1.165) is 0 Å². The monoisotopic (exact) mass is 242 g/mol. The van der Waals surface area contributed by atoms with Crippen LogP contribution in [0.4, 0.5) is 0 Å². The molecule has 94 valence electrons. The first kappa shape index (κ1) is 11.9. The van der Waals surface area contributed by atoms with Crippen LogP contribution in [0.5, 0.6) is 0 Å². The van der Waals surface area contributed by atoms with Gasteiger partial charge in [0, 0.05) is 0 Å². The van der Waals surface area contributed by atoms with Crippen LogP contribution < -0.4 is 0 Å². The number of fused-ring (bicyclic) bond motifs is 3. The van der Waals surface area contributed by atoms with Crippen LogP contribution in [-0.4, -0.2) is 33.2 Å². The molecule has 0 aromatic rings. The van der Waals surface area contributed by atoms with Gasteiger partial charge in [0.25, 0.3) is 0 Å². The Labute approximate surface area is 97.2 Å². The summed E-state index contributed by atoms with van der Waals surface area (Å²) in [6.07, 6.45) is 1.53. The molecular weight excluding hydrogens is 228 g/mol. The Morgan fingerprint density at radius 2 is 1.47 bits per heavy atom. The minimum absolute atomic E-state index is 0.199. The molecule has 3 aliphatic rings. The van der Waals surface area contributed by atoms with Crippen molar-refractivity contribution >= 4 is 17.9 Å². The lowest BCUT2D eigenvalue weighted by Gasteiger charge is -2.50. The molecule has 2 atom stereocenters. The molecule has 0 aromatic heterocycles. The van der Waals surface area contributed by atoms with Gasteiger partial charge < -0.3 is 15.3 Å². The van der Waals surface area contributed by atoms with Gasteiger partial charge in [0.1, 0.15) is 0 Å². The maximum Gasteiger partial charge on any atom is 0.310 e. The van der Waals surface area contributed by atoms with Gasteiger partial charge in [0.05, 0.1) is 17.3 Å². The fraction of sp³-hybridized carbons (Fsp3) is 0.727. The number of carbonyl (C=O) groups is 3. The first-order valence-electron chi connectivity index (χ1n) is 5.59. The SMILES string of the molecule is O=C(O)[C@H]1C2CCC(C(=O)O)(CC2)[C@H]1C(=O)O. The zero-order valence-corrected chi connectivity index (χ0v) is 9.13. The van der Waals surface area contributed by atoms with E-state index < -0.39 is 35.2 Å². The number of rotatable bonds is 3. The van der Waals surface area contributed by atoms with Crippen molar-refractivity contribution in [2.24, 2.45) is 23.2 Å². The van der Waals surface area contributed by atoms with Crippen molar-refractivity contribution in [1.82, 2.24) is 0 Å². The maximum absolute atomic E-state index is 11.4. The lowest BCUT2D eigenvalue weighted by atomic mass is 9.50. The smallest absolute Gasteiger partial charge is 0.310 e. The van der Waals surface area contributed by atoms with Gasteiger partial charge in [-0.3, -0.25) is 14.4 Å². The van der Waals surface area contributed by atoms with E-state index in [9.17, 15) is 19.5 Å². The Hall–Kier alpha value is -1.59. The van der Waals surface area contributed by atoms with Crippen molar-refractivity contribution in [2.75, 3.05) is 0 Å². The highest BCUT2D eigenvalue weighted by atomic mass is 16.4. The third-order valence-electron chi connectivity index (χ3n) is 4.36. The molecule has 0 unspecified atom stereocenters. The van der Waals surface area contributed by atoms with Crippen LogP contribution in [0.25, 0.3) is 0 Å². The quantitative estimate of drug-likeness (QED) is 0.670. The average Bonchev–Trinajstić information content (AvgIpc) is 2.28. The molecular formula is C11H14O6. The molecule has 0 radical (unpaired) electrons. The normalized spacial score (nSPS) is 39.9. The van der Waals surface area contributed by atoms with Gasteiger partial charge in [-0.15, -0.1) is 0 Å². The largest absolute Gasteiger partial charge is 0.481 e. The van der Waals surface area contributed by atoms with Crippen molar-refractivity contribution in [2.45, 2.75) is 25.7 Å². The highest BCUT2D eigenvalue weighted by Crippen LogP contribution is 2.57. The molecule has 0 aromatic carbocycles. The van der Waals surface area contributed by atoms with E-state index in [1.54, 1.807) is 0 Å². The van der Waals surface area contributed by atoms with Gasteiger partial charge in [0.2, 0.25) is 0 Å². The molecule has 0 saturated heterocycles. The number of hydrogen-bond donors (Lipinski definition) is 3. The summed E-state index contributed by atoms with van der Waals surface area (Å²) in [5, 5.41) is 27.6. The van der Waals surface area contributed by atoms with Crippen LogP contribution in [0.1, 0.15) is 25.7 Å². The average molecular weight is 242 g/mol. The summed E-state index contributed by atoms with van der Waals surface area (Å²) in [4.78, 5) is 33.8. The molecule has 6 heteroatoms. The Balaban J connectivity index is 2.47. The van der Waals surface area contributed by atoms with E-state index in [0.29, 0.717) is 12.8 Å². The second-order valence-electron chi connectivity index (χ2n) is 4.98. The van der Waals surface area contributed by atoms with Gasteiger partial charge in [-0.1, -0.05) is 0 Å². The maximum atomic E-state index is 11.4. The van der Waals surface area contributed by atoms with Crippen LogP contribution in [0.15, 0.2) is 0 Å². The van der Waals surface area contributed by atoms with E-state index >= 15 is 0 Å². The summed E-state index contributed by atoms with van der Waals surface area (Å²) in [5.74, 6) is -6.23. The van der Waals surface area contributed by atoms with Crippen LogP contribution in [0.3, 0.4) is 0 Å². The van der Waals surface area contributed by atoms with Gasteiger partial charge in [-0.25, -0.2) is 0 Å². The minimum Gasteiger partial charge on any atom is -0.481 e. The van der Waals surface area contributed by atoms with E-state index in [1.165, 1.54) is 0 Å². The Morgan fingerprint density at radius 1 is 0.941 bits per heavy atom. The van der Waals surface area contributed by atoms with E-state index in [2.05, 4.69) is 0 Å². The molecule has 3 aliphatic carbocycles.